The molecule has 1 aromatic carbocycles. The monoisotopic (exact) mass is 329 g/mol. The Morgan fingerprint density at radius 3 is 2.65 bits per heavy atom. The zero-order chi connectivity index (χ0) is 14.8. The molecule has 1 heterocycles. The molecule has 2 rings (SSSR count). The Balaban J connectivity index is 2.28. The van der Waals surface area contributed by atoms with Crippen LogP contribution < -0.4 is 5.32 Å². The molecular formula is C14H13Cl2NO2S. The van der Waals surface area contributed by atoms with E-state index in [1.165, 1.54) is 0 Å². The second-order valence-corrected chi connectivity index (χ2v) is 6.34. The number of hydrogen-bond acceptors (Lipinski definition) is 3. The summed E-state index contributed by atoms with van der Waals surface area (Å²) in [7, 11) is 0. The highest BCUT2D eigenvalue weighted by molar-refractivity contribution is 7.09. The number of carboxylic acid groups (broad SMARTS) is 1. The number of carboxylic acids is 1. The Hall–Kier alpha value is -1.07. The van der Waals surface area contributed by atoms with Gasteiger partial charge < -0.3 is 5.11 Å². The first kappa shape index (κ1) is 15.3. The summed E-state index contributed by atoms with van der Waals surface area (Å²) in [6.45, 7) is 2.09. The lowest BCUT2D eigenvalue weighted by Crippen LogP contribution is -2.46. The summed E-state index contributed by atoms with van der Waals surface area (Å²) in [4.78, 5) is 12.7. The van der Waals surface area contributed by atoms with Crippen LogP contribution in [0.1, 0.15) is 17.4 Å². The second kappa shape index (κ2) is 6.14. The van der Waals surface area contributed by atoms with Gasteiger partial charge in [-0.2, -0.15) is 0 Å². The standard InChI is InChI=1S/C14H13Cl2NO2S/c1-14(13(18)19,17-8-10-3-2-6-20-10)9-4-5-11(15)12(16)7-9/h2-7,17H,8H2,1H3,(H,18,19). The fourth-order valence-electron chi connectivity index (χ4n) is 1.79. The molecule has 0 spiro atoms. The lowest BCUT2D eigenvalue weighted by Gasteiger charge is -2.27. The maximum atomic E-state index is 11.6. The molecule has 0 saturated carbocycles. The zero-order valence-corrected chi connectivity index (χ0v) is 13.0. The molecule has 0 aliphatic heterocycles. The van der Waals surface area contributed by atoms with Gasteiger partial charge in [0, 0.05) is 11.4 Å². The van der Waals surface area contributed by atoms with E-state index in [-0.39, 0.29) is 0 Å². The van der Waals surface area contributed by atoms with Crippen molar-refractivity contribution in [2.24, 2.45) is 0 Å². The van der Waals surface area contributed by atoms with E-state index in [9.17, 15) is 9.90 Å². The van der Waals surface area contributed by atoms with Crippen LogP contribution in [0, 0.1) is 0 Å². The number of hydrogen-bond donors (Lipinski definition) is 2. The third-order valence-electron chi connectivity index (χ3n) is 3.12. The van der Waals surface area contributed by atoms with E-state index in [1.807, 2.05) is 17.5 Å². The fourth-order valence-corrected chi connectivity index (χ4v) is 2.73. The molecule has 1 atom stereocenters. The van der Waals surface area contributed by atoms with Gasteiger partial charge in [0.1, 0.15) is 5.54 Å². The normalized spacial score (nSPS) is 13.9. The molecule has 20 heavy (non-hydrogen) atoms. The highest BCUT2D eigenvalue weighted by Crippen LogP contribution is 2.29. The van der Waals surface area contributed by atoms with Crippen molar-refractivity contribution < 1.29 is 9.90 Å². The number of benzene rings is 1. The molecule has 2 aromatic rings. The van der Waals surface area contributed by atoms with Crippen molar-refractivity contribution in [2.45, 2.75) is 19.0 Å². The van der Waals surface area contributed by atoms with Crippen molar-refractivity contribution in [1.29, 1.82) is 0 Å². The molecule has 0 aliphatic carbocycles. The lowest BCUT2D eigenvalue weighted by atomic mass is 9.92. The van der Waals surface area contributed by atoms with Gasteiger partial charge in [0.15, 0.2) is 0 Å². The number of halogens is 2. The van der Waals surface area contributed by atoms with Crippen LogP contribution >= 0.6 is 34.5 Å². The van der Waals surface area contributed by atoms with E-state index in [0.717, 1.165) is 4.88 Å². The van der Waals surface area contributed by atoms with Gasteiger partial charge in [0.05, 0.1) is 10.0 Å². The molecule has 0 amide bonds. The average molecular weight is 330 g/mol. The first-order valence-electron chi connectivity index (χ1n) is 5.90. The van der Waals surface area contributed by atoms with Crippen molar-refractivity contribution in [3.05, 3.63) is 56.2 Å². The van der Waals surface area contributed by atoms with E-state index >= 15 is 0 Å². The van der Waals surface area contributed by atoms with E-state index in [1.54, 1.807) is 36.5 Å². The summed E-state index contributed by atoms with van der Waals surface area (Å²) in [5.74, 6) is -0.965. The highest BCUT2D eigenvalue weighted by Gasteiger charge is 2.35. The van der Waals surface area contributed by atoms with Gasteiger partial charge in [-0.1, -0.05) is 35.3 Å². The summed E-state index contributed by atoms with van der Waals surface area (Å²) < 4.78 is 0. The fraction of sp³-hybridized carbons (Fsp3) is 0.214. The lowest BCUT2D eigenvalue weighted by molar-refractivity contribution is -0.144. The maximum absolute atomic E-state index is 11.6. The van der Waals surface area contributed by atoms with Crippen molar-refractivity contribution in [3.8, 4) is 0 Å². The van der Waals surface area contributed by atoms with Crippen LogP contribution in [0.2, 0.25) is 10.0 Å². The van der Waals surface area contributed by atoms with Crippen LogP contribution in [0.4, 0.5) is 0 Å². The van der Waals surface area contributed by atoms with Crippen LogP contribution in [0.25, 0.3) is 0 Å². The average Bonchev–Trinajstić information content (AvgIpc) is 2.92. The van der Waals surface area contributed by atoms with Gasteiger partial charge in [-0.3, -0.25) is 5.32 Å². The predicted molar refractivity (Wildman–Crippen MR) is 82.6 cm³/mol. The number of aliphatic carboxylic acids is 1. The van der Waals surface area contributed by atoms with Crippen LogP contribution in [0.15, 0.2) is 35.7 Å². The summed E-state index contributed by atoms with van der Waals surface area (Å²) >= 11 is 13.4. The Bertz CT molecular complexity index is 616. The van der Waals surface area contributed by atoms with E-state index < -0.39 is 11.5 Å². The number of carbonyl (C=O) groups is 1. The minimum atomic E-state index is -1.22. The van der Waals surface area contributed by atoms with Gasteiger partial charge in [-0.25, -0.2) is 4.79 Å². The number of rotatable bonds is 5. The Morgan fingerprint density at radius 1 is 1.35 bits per heavy atom. The molecule has 0 bridgehead atoms. The number of nitrogens with one attached hydrogen (secondary N) is 1. The molecule has 106 valence electrons. The molecule has 0 saturated heterocycles. The minimum absolute atomic E-state index is 0.342. The largest absolute Gasteiger partial charge is 0.480 e. The van der Waals surface area contributed by atoms with Crippen molar-refractivity contribution in [3.63, 3.8) is 0 Å². The summed E-state index contributed by atoms with van der Waals surface area (Å²) in [6.07, 6.45) is 0. The molecular weight excluding hydrogens is 317 g/mol. The van der Waals surface area contributed by atoms with Crippen LogP contribution in [0.5, 0.6) is 0 Å². The first-order chi connectivity index (χ1) is 9.43. The molecule has 1 unspecified atom stereocenters. The topological polar surface area (TPSA) is 49.3 Å². The first-order valence-corrected chi connectivity index (χ1v) is 7.53. The summed E-state index contributed by atoms with van der Waals surface area (Å²) in [6, 6.07) is 8.74. The van der Waals surface area contributed by atoms with Gasteiger partial charge in [0.25, 0.3) is 0 Å². The number of thiophene rings is 1. The van der Waals surface area contributed by atoms with Crippen LogP contribution in [-0.4, -0.2) is 11.1 Å². The van der Waals surface area contributed by atoms with Crippen LogP contribution in [0.3, 0.4) is 0 Å². The molecule has 0 fully saturated rings. The van der Waals surface area contributed by atoms with Crippen molar-refractivity contribution in [1.82, 2.24) is 5.32 Å². The van der Waals surface area contributed by atoms with Crippen LogP contribution in [-0.2, 0) is 16.9 Å². The maximum Gasteiger partial charge on any atom is 0.328 e. The predicted octanol–water partition coefficient (Wildman–Crippen LogP) is 4.14. The van der Waals surface area contributed by atoms with Gasteiger partial charge in [-0.15, -0.1) is 11.3 Å². The Kier molecular flexibility index (Phi) is 4.70. The summed E-state index contributed by atoms with van der Waals surface area (Å²) in [5.41, 5.74) is -0.658. The Labute approximate surface area is 131 Å². The molecule has 2 N–H and O–H groups in total. The second-order valence-electron chi connectivity index (χ2n) is 4.49. The van der Waals surface area contributed by atoms with Gasteiger partial charge >= 0.3 is 5.97 Å². The van der Waals surface area contributed by atoms with Gasteiger partial charge in [0.2, 0.25) is 0 Å². The van der Waals surface area contributed by atoms with E-state index in [2.05, 4.69) is 5.32 Å². The SMILES string of the molecule is CC(NCc1cccs1)(C(=O)O)c1ccc(Cl)c(Cl)c1. The third kappa shape index (κ3) is 3.15. The Morgan fingerprint density at radius 2 is 2.10 bits per heavy atom. The molecule has 0 aliphatic rings. The summed E-state index contributed by atoms with van der Waals surface area (Å²) in [5, 5.41) is 15.3. The van der Waals surface area contributed by atoms with E-state index in [4.69, 9.17) is 23.2 Å². The quantitative estimate of drug-likeness (QED) is 0.866. The minimum Gasteiger partial charge on any atom is -0.480 e. The van der Waals surface area contributed by atoms with Gasteiger partial charge in [-0.05, 0) is 36.1 Å². The third-order valence-corrected chi connectivity index (χ3v) is 4.74. The highest BCUT2D eigenvalue weighted by atomic mass is 35.5. The molecule has 0 radical (unpaired) electrons. The molecule has 3 nitrogen and oxygen atoms in total. The molecule has 6 heteroatoms. The smallest absolute Gasteiger partial charge is 0.328 e. The van der Waals surface area contributed by atoms with E-state index in [0.29, 0.717) is 22.2 Å². The van der Waals surface area contributed by atoms with Crippen molar-refractivity contribution >= 4 is 40.5 Å². The zero-order valence-electron chi connectivity index (χ0n) is 10.7. The van der Waals surface area contributed by atoms with Crippen molar-refractivity contribution in [2.75, 3.05) is 0 Å². The molecule has 1 aromatic heterocycles.